The van der Waals surface area contributed by atoms with Crippen LogP contribution < -0.4 is 14.8 Å². The van der Waals surface area contributed by atoms with E-state index in [2.05, 4.69) is 5.32 Å². The van der Waals surface area contributed by atoms with Gasteiger partial charge in [-0.15, -0.1) is 0 Å². The molecule has 1 aliphatic rings. The Hall–Kier alpha value is -1.71. The topological polar surface area (TPSA) is 47.6 Å². The zero-order valence-electron chi connectivity index (χ0n) is 9.45. The van der Waals surface area contributed by atoms with Crippen molar-refractivity contribution in [2.75, 3.05) is 6.79 Å². The summed E-state index contributed by atoms with van der Waals surface area (Å²) in [7, 11) is 0. The highest BCUT2D eigenvalue weighted by molar-refractivity contribution is 5.95. The first-order valence-corrected chi connectivity index (χ1v) is 5.41. The van der Waals surface area contributed by atoms with E-state index in [0.717, 1.165) is 6.42 Å². The van der Waals surface area contributed by atoms with Crippen molar-refractivity contribution in [1.29, 1.82) is 0 Å². The maximum atomic E-state index is 11.8. The Morgan fingerprint density at radius 3 is 2.94 bits per heavy atom. The average Bonchev–Trinajstić information content (AvgIpc) is 2.75. The van der Waals surface area contributed by atoms with Crippen LogP contribution in [0.1, 0.15) is 30.6 Å². The molecular formula is C12H15NO3. The molecule has 1 aromatic carbocycles. The summed E-state index contributed by atoms with van der Waals surface area (Å²) in [6, 6.07) is 5.39. The van der Waals surface area contributed by atoms with E-state index in [4.69, 9.17) is 9.47 Å². The van der Waals surface area contributed by atoms with Gasteiger partial charge in [-0.05, 0) is 31.5 Å². The van der Waals surface area contributed by atoms with Gasteiger partial charge in [-0.3, -0.25) is 4.79 Å². The highest BCUT2D eigenvalue weighted by atomic mass is 16.7. The van der Waals surface area contributed by atoms with E-state index in [1.165, 1.54) is 0 Å². The van der Waals surface area contributed by atoms with Crippen molar-refractivity contribution in [3.05, 3.63) is 23.8 Å². The zero-order valence-corrected chi connectivity index (χ0v) is 9.45. The zero-order chi connectivity index (χ0) is 11.5. The molecule has 0 spiro atoms. The van der Waals surface area contributed by atoms with Gasteiger partial charge in [0.1, 0.15) is 0 Å². The van der Waals surface area contributed by atoms with Crippen LogP contribution in [0.2, 0.25) is 0 Å². The lowest BCUT2D eigenvalue weighted by molar-refractivity contribution is 0.0939. The largest absolute Gasteiger partial charge is 0.454 e. The molecule has 0 unspecified atom stereocenters. The molecule has 0 bridgehead atoms. The van der Waals surface area contributed by atoms with Crippen molar-refractivity contribution in [2.45, 2.75) is 26.3 Å². The SMILES string of the molecule is CC[C@@H](C)NC(=O)c1ccc2c(c1)OCO2. The molecule has 0 radical (unpaired) electrons. The van der Waals surface area contributed by atoms with Gasteiger partial charge in [0.25, 0.3) is 5.91 Å². The number of rotatable bonds is 3. The van der Waals surface area contributed by atoms with Gasteiger partial charge in [-0.2, -0.15) is 0 Å². The van der Waals surface area contributed by atoms with Crippen LogP contribution in [0.4, 0.5) is 0 Å². The van der Waals surface area contributed by atoms with Crippen LogP contribution >= 0.6 is 0 Å². The van der Waals surface area contributed by atoms with E-state index in [1.807, 2.05) is 13.8 Å². The van der Waals surface area contributed by atoms with Gasteiger partial charge in [0.05, 0.1) is 0 Å². The molecule has 2 rings (SSSR count). The van der Waals surface area contributed by atoms with Gasteiger partial charge in [-0.25, -0.2) is 0 Å². The highest BCUT2D eigenvalue weighted by Crippen LogP contribution is 2.32. The van der Waals surface area contributed by atoms with Crippen molar-refractivity contribution in [3.63, 3.8) is 0 Å². The van der Waals surface area contributed by atoms with Crippen molar-refractivity contribution in [1.82, 2.24) is 5.32 Å². The summed E-state index contributed by atoms with van der Waals surface area (Å²) in [5.74, 6) is 1.25. The maximum absolute atomic E-state index is 11.8. The van der Waals surface area contributed by atoms with Crippen molar-refractivity contribution in [3.8, 4) is 11.5 Å². The first-order chi connectivity index (χ1) is 7.70. The first-order valence-electron chi connectivity index (χ1n) is 5.41. The minimum absolute atomic E-state index is 0.0762. The number of carbonyl (C=O) groups is 1. The van der Waals surface area contributed by atoms with Gasteiger partial charge in [0.2, 0.25) is 6.79 Å². The van der Waals surface area contributed by atoms with Crippen LogP contribution in [0.5, 0.6) is 11.5 Å². The molecule has 0 saturated carbocycles. The Balaban J connectivity index is 2.12. The summed E-state index contributed by atoms with van der Waals surface area (Å²) in [6.07, 6.45) is 0.913. The Morgan fingerprint density at radius 2 is 2.19 bits per heavy atom. The smallest absolute Gasteiger partial charge is 0.251 e. The number of hydrogen-bond donors (Lipinski definition) is 1. The molecule has 1 atom stereocenters. The molecule has 0 aliphatic carbocycles. The van der Waals surface area contributed by atoms with Crippen LogP contribution in [0, 0.1) is 0 Å². The molecule has 16 heavy (non-hydrogen) atoms. The molecule has 86 valence electrons. The number of hydrogen-bond acceptors (Lipinski definition) is 3. The number of benzene rings is 1. The molecule has 0 aromatic heterocycles. The van der Waals surface area contributed by atoms with Crippen LogP contribution in [0.3, 0.4) is 0 Å². The predicted octanol–water partition coefficient (Wildman–Crippen LogP) is 1.94. The lowest BCUT2D eigenvalue weighted by Gasteiger charge is -2.11. The predicted molar refractivity (Wildman–Crippen MR) is 59.8 cm³/mol. The second-order valence-corrected chi connectivity index (χ2v) is 3.85. The van der Waals surface area contributed by atoms with E-state index < -0.39 is 0 Å². The van der Waals surface area contributed by atoms with Crippen LogP contribution in [-0.2, 0) is 0 Å². The Labute approximate surface area is 94.6 Å². The fourth-order valence-electron chi connectivity index (χ4n) is 1.45. The summed E-state index contributed by atoms with van der Waals surface area (Å²) in [5, 5.41) is 2.90. The van der Waals surface area contributed by atoms with E-state index in [9.17, 15) is 4.79 Å². The summed E-state index contributed by atoms with van der Waals surface area (Å²) in [6.45, 7) is 4.24. The summed E-state index contributed by atoms with van der Waals surface area (Å²) in [4.78, 5) is 11.8. The molecule has 4 nitrogen and oxygen atoms in total. The lowest BCUT2D eigenvalue weighted by atomic mass is 10.1. The van der Waals surface area contributed by atoms with E-state index in [1.54, 1.807) is 18.2 Å². The number of ether oxygens (including phenoxy) is 2. The third-order valence-electron chi connectivity index (χ3n) is 2.62. The van der Waals surface area contributed by atoms with E-state index >= 15 is 0 Å². The summed E-state index contributed by atoms with van der Waals surface area (Å²) in [5.41, 5.74) is 0.601. The van der Waals surface area contributed by atoms with Gasteiger partial charge in [0.15, 0.2) is 11.5 Å². The maximum Gasteiger partial charge on any atom is 0.251 e. The van der Waals surface area contributed by atoms with Crippen molar-refractivity contribution >= 4 is 5.91 Å². The Bertz CT molecular complexity index is 403. The molecule has 1 aliphatic heterocycles. The number of nitrogens with one attached hydrogen (secondary N) is 1. The highest BCUT2D eigenvalue weighted by Gasteiger charge is 2.16. The van der Waals surface area contributed by atoms with Crippen molar-refractivity contribution in [2.24, 2.45) is 0 Å². The van der Waals surface area contributed by atoms with Crippen molar-refractivity contribution < 1.29 is 14.3 Å². The third-order valence-corrected chi connectivity index (χ3v) is 2.62. The van der Waals surface area contributed by atoms with E-state index in [0.29, 0.717) is 17.1 Å². The number of carbonyl (C=O) groups excluding carboxylic acids is 1. The summed E-state index contributed by atoms with van der Waals surface area (Å²) < 4.78 is 10.4. The lowest BCUT2D eigenvalue weighted by Crippen LogP contribution is -2.31. The van der Waals surface area contributed by atoms with Gasteiger partial charge in [-0.1, -0.05) is 6.92 Å². The van der Waals surface area contributed by atoms with Gasteiger partial charge < -0.3 is 14.8 Å². The summed E-state index contributed by atoms with van der Waals surface area (Å²) >= 11 is 0. The Kier molecular flexibility index (Phi) is 2.99. The molecule has 4 heteroatoms. The molecule has 1 aromatic rings. The second-order valence-electron chi connectivity index (χ2n) is 3.85. The van der Waals surface area contributed by atoms with Crippen LogP contribution in [0.15, 0.2) is 18.2 Å². The Morgan fingerprint density at radius 1 is 1.44 bits per heavy atom. The standard InChI is InChI=1S/C12H15NO3/c1-3-8(2)13-12(14)9-4-5-10-11(6-9)16-7-15-10/h4-6,8H,3,7H2,1-2H3,(H,13,14)/t8-/m1/s1. The first kappa shape index (κ1) is 10.8. The number of fused-ring (bicyclic) bond motifs is 1. The fourth-order valence-corrected chi connectivity index (χ4v) is 1.45. The monoisotopic (exact) mass is 221 g/mol. The minimum Gasteiger partial charge on any atom is -0.454 e. The third kappa shape index (κ3) is 2.10. The van der Waals surface area contributed by atoms with Gasteiger partial charge >= 0.3 is 0 Å². The minimum atomic E-state index is -0.0762. The molecule has 1 amide bonds. The van der Waals surface area contributed by atoms with Crippen LogP contribution in [0.25, 0.3) is 0 Å². The molecular weight excluding hydrogens is 206 g/mol. The number of amides is 1. The second kappa shape index (κ2) is 4.43. The van der Waals surface area contributed by atoms with E-state index in [-0.39, 0.29) is 18.7 Å². The fraction of sp³-hybridized carbons (Fsp3) is 0.417. The molecule has 0 fully saturated rings. The average molecular weight is 221 g/mol. The van der Waals surface area contributed by atoms with Crippen LogP contribution in [-0.4, -0.2) is 18.7 Å². The molecule has 0 saturated heterocycles. The quantitative estimate of drug-likeness (QED) is 0.848. The normalized spacial score (nSPS) is 14.6. The molecule has 1 N–H and O–H groups in total. The van der Waals surface area contributed by atoms with Gasteiger partial charge in [0, 0.05) is 11.6 Å². The molecule has 1 heterocycles.